The number of amides is 1. The molecule has 1 amide bonds. The predicted molar refractivity (Wildman–Crippen MR) is 83.6 cm³/mol. The first-order chi connectivity index (χ1) is 11.4. The Hall–Kier alpha value is -2.96. The van der Waals surface area contributed by atoms with E-state index in [0.29, 0.717) is 18.0 Å². The van der Waals surface area contributed by atoms with E-state index in [4.69, 9.17) is 19.0 Å². The molecule has 1 aromatic heterocycles. The molecule has 0 spiro atoms. The molecule has 126 valence electrons. The van der Waals surface area contributed by atoms with Crippen LogP contribution in [-0.2, 0) is 5.41 Å². The largest absolute Gasteiger partial charge is 0.478 e. The van der Waals surface area contributed by atoms with Gasteiger partial charge in [-0.1, -0.05) is 19.9 Å². The standard InChI is InChI=1S/C17H17NO6/c1-17(2,11-3-4-12-13(6-11)24-9-23-12)8-18-15(19)14-5-10(7-22-14)16(20)21/h3-7H,8-9H2,1-2H3,(H,18,19)(H,20,21). The minimum Gasteiger partial charge on any atom is -0.478 e. The van der Waals surface area contributed by atoms with Crippen LogP contribution in [0.2, 0.25) is 0 Å². The van der Waals surface area contributed by atoms with Crippen molar-refractivity contribution in [1.29, 1.82) is 0 Å². The van der Waals surface area contributed by atoms with Crippen LogP contribution in [0.4, 0.5) is 0 Å². The lowest BCUT2D eigenvalue weighted by atomic mass is 9.84. The van der Waals surface area contributed by atoms with Crippen molar-refractivity contribution in [3.8, 4) is 11.5 Å². The van der Waals surface area contributed by atoms with Crippen molar-refractivity contribution < 1.29 is 28.6 Å². The molecule has 0 saturated heterocycles. The maximum atomic E-state index is 12.1. The van der Waals surface area contributed by atoms with E-state index in [2.05, 4.69) is 5.32 Å². The Bertz CT molecular complexity index is 792. The topological polar surface area (TPSA) is 98.0 Å². The fourth-order valence-corrected chi connectivity index (χ4v) is 2.38. The minimum atomic E-state index is -1.14. The van der Waals surface area contributed by atoms with Crippen LogP contribution in [0.15, 0.2) is 34.9 Å². The highest BCUT2D eigenvalue weighted by molar-refractivity contribution is 5.95. The minimum absolute atomic E-state index is 0.0334. The number of carbonyl (C=O) groups is 2. The molecule has 3 rings (SSSR count). The zero-order valence-corrected chi connectivity index (χ0v) is 13.3. The van der Waals surface area contributed by atoms with Crippen molar-refractivity contribution in [3.63, 3.8) is 0 Å². The van der Waals surface area contributed by atoms with Gasteiger partial charge in [0, 0.05) is 18.0 Å². The van der Waals surface area contributed by atoms with Crippen LogP contribution < -0.4 is 14.8 Å². The summed E-state index contributed by atoms with van der Waals surface area (Å²) in [6.07, 6.45) is 1.04. The van der Waals surface area contributed by atoms with Gasteiger partial charge in [0.15, 0.2) is 17.3 Å². The second kappa shape index (κ2) is 5.92. The lowest BCUT2D eigenvalue weighted by Crippen LogP contribution is -2.36. The normalized spacial score (nSPS) is 12.9. The lowest BCUT2D eigenvalue weighted by molar-refractivity contribution is 0.0695. The molecule has 0 saturated carbocycles. The summed E-state index contributed by atoms with van der Waals surface area (Å²) in [7, 11) is 0. The van der Waals surface area contributed by atoms with Crippen LogP contribution in [0.25, 0.3) is 0 Å². The molecule has 7 heteroatoms. The van der Waals surface area contributed by atoms with Gasteiger partial charge >= 0.3 is 5.97 Å². The van der Waals surface area contributed by atoms with Crippen molar-refractivity contribution in [1.82, 2.24) is 5.32 Å². The van der Waals surface area contributed by atoms with E-state index in [1.807, 2.05) is 32.0 Å². The number of carboxylic acid groups (broad SMARTS) is 1. The Morgan fingerprint density at radius 3 is 2.67 bits per heavy atom. The Balaban J connectivity index is 1.68. The highest BCUT2D eigenvalue weighted by atomic mass is 16.7. The van der Waals surface area contributed by atoms with Crippen molar-refractivity contribution in [2.24, 2.45) is 0 Å². The summed E-state index contributed by atoms with van der Waals surface area (Å²) in [5.74, 6) is -0.247. The van der Waals surface area contributed by atoms with Gasteiger partial charge in [-0.15, -0.1) is 0 Å². The number of hydrogen-bond acceptors (Lipinski definition) is 5. The second-order valence-corrected chi connectivity index (χ2v) is 6.14. The van der Waals surface area contributed by atoms with Crippen molar-refractivity contribution in [2.75, 3.05) is 13.3 Å². The molecule has 0 aliphatic carbocycles. The van der Waals surface area contributed by atoms with Crippen LogP contribution in [0.1, 0.15) is 40.3 Å². The highest BCUT2D eigenvalue weighted by Crippen LogP contribution is 2.36. The van der Waals surface area contributed by atoms with Gasteiger partial charge in [0.2, 0.25) is 6.79 Å². The molecule has 2 heterocycles. The van der Waals surface area contributed by atoms with Crippen molar-refractivity contribution in [3.05, 3.63) is 47.4 Å². The Labute approximate surface area is 138 Å². The number of nitrogens with one attached hydrogen (secondary N) is 1. The SMILES string of the molecule is CC(C)(CNC(=O)c1cc(C(=O)O)co1)c1ccc2c(c1)OCO2. The number of ether oxygens (including phenoxy) is 2. The average Bonchev–Trinajstić information content (AvgIpc) is 3.20. The molecule has 2 aromatic rings. The molecule has 0 atom stereocenters. The third-order valence-corrected chi connectivity index (χ3v) is 3.92. The molecular weight excluding hydrogens is 314 g/mol. The first-order valence-electron chi connectivity index (χ1n) is 7.37. The summed E-state index contributed by atoms with van der Waals surface area (Å²) in [5, 5.41) is 11.6. The number of fused-ring (bicyclic) bond motifs is 1. The van der Waals surface area contributed by atoms with Gasteiger partial charge in [-0.25, -0.2) is 4.79 Å². The maximum Gasteiger partial charge on any atom is 0.338 e. The van der Waals surface area contributed by atoms with Crippen molar-refractivity contribution in [2.45, 2.75) is 19.3 Å². The van der Waals surface area contributed by atoms with Gasteiger partial charge in [0.25, 0.3) is 5.91 Å². The summed E-state index contributed by atoms with van der Waals surface area (Å²) in [6.45, 7) is 4.51. The molecule has 1 aliphatic heterocycles. The zero-order valence-electron chi connectivity index (χ0n) is 13.3. The van der Waals surface area contributed by atoms with E-state index in [1.165, 1.54) is 6.07 Å². The molecule has 2 N–H and O–H groups in total. The number of rotatable bonds is 5. The summed E-state index contributed by atoms with van der Waals surface area (Å²) < 4.78 is 15.7. The van der Waals surface area contributed by atoms with Gasteiger partial charge in [0.05, 0.1) is 5.56 Å². The third-order valence-electron chi connectivity index (χ3n) is 3.92. The molecule has 0 fully saturated rings. The second-order valence-electron chi connectivity index (χ2n) is 6.14. The zero-order chi connectivity index (χ0) is 17.3. The van der Waals surface area contributed by atoms with E-state index in [9.17, 15) is 9.59 Å². The van der Waals surface area contributed by atoms with E-state index < -0.39 is 11.9 Å². The number of aromatic carboxylic acids is 1. The number of furan rings is 1. The molecule has 7 nitrogen and oxygen atoms in total. The summed E-state index contributed by atoms with van der Waals surface area (Å²) in [6, 6.07) is 6.86. The fourth-order valence-electron chi connectivity index (χ4n) is 2.38. The Morgan fingerprint density at radius 1 is 1.21 bits per heavy atom. The Kier molecular flexibility index (Phi) is 3.92. The van der Waals surface area contributed by atoms with E-state index in [1.54, 1.807) is 0 Å². The maximum absolute atomic E-state index is 12.1. The first kappa shape index (κ1) is 15.9. The van der Waals surface area contributed by atoms with Gasteiger partial charge in [-0.3, -0.25) is 4.79 Å². The van der Waals surface area contributed by atoms with Crippen molar-refractivity contribution >= 4 is 11.9 Å². The molecule has 0 radical (unpaired) electrons. The third kappa shape index (κ3) is 3.05. The quantitative estimate of drug-likeness (QED) is 0.873. The first-order valence-corrected chi connectivity index (χ1v) is 7.37. The molecule has 24 heavy (non-hydrogen) atoms. The number of hydrogen-bond donors (Lipinski definition) is 2. The summed E-state index contributed by atoms with van der Waals surface area (Å²) in [4.78, 5) is 22.9. The lowest BCUT2D eigenvalue weighted by Gasteiger charge is -2.25. The number of benzene rings is 1. The molecule has 0 bridgehead atoms. The Morgan fingerprint density at radius 2 is 1.96 bits per heavy atom. The average molecular weight is 331 g/mol. The summed E-state index contributed by atoms with van der Waals surface area (Å²) in [5.41, 5.74) is 0.562. The van der Waals surface area contributed by atoms with E-state index in [0.717, 1.165) is 11.8 Å². The van der Waals surface area contributed by atoms with E-state index in [-0.39, 0.29) is 23.5 Å². The smallest absolute Gasteiger partial charge is 0.338 e. The molecule has 1 aliphatic rings. The van der Waals surface area contributed by atoms with Crippen LogP contribution in [0.5, 0.6) is 11.5 Å². The van der Waals surface area contributed by atoms with Gasteiger partial charge in [0.1, 0.15) is 6.26 Å². The molecule has 1 aromatic carbocycles. The van der Waals surface area contributed by atoms with Gasteiger partial charge in [-0.05, 0) is 17.7 Å². The summed E-state index contributed by atoms with van der Waals surface area (Å²) >= 11 is 0. The van der Waals surface area contributed by atoms with Crippen LogP contribution in [-0.4, -0.2) is 30.3 Å². The van der Waals surface area contributed by atoms with Gasteiger partial charge < -0.3 is 24.3 Å². The van der Waals surface area contributed by atoms with Crippen LogP contribution in [0, 0.1) is 0 Å². The van der Waals surface area contributed by atoms with E-state index >= 15 is 0 Å². The van der Waals surface area contributed by atoms with Crippen LogP contribution >= 0.6 is 0 Å². The van der Waals surface area contributed by atoms with Crippen LogP contribution in [0.3, 0.4) is 0 Å². The molecule has 0 unspecified atom stereocenters. The fraction of sp³-hybridized carbons (Fsp3) is 0.294. The van der Waals surface area contributed by atoms with Gasteiger partial charge in [-0.2, -0.15) is 0 Å². The highest BCUT2D eigenvalue weighted by Gasteiger charge is 2.25. The molecular formula is C17H17NO6. The number of carboxylic acids is 1. The monoisotopic (exact) mass is 331 g/mol. The number of carbonyl (C=O) groups excluding carboxylic acids is 1. The predicted octanol–water partition coefficient (Wildman–Crippen LogP) is 2.41.